The summed E-state index contributed by atoms with van der Waals surface area (Å²) in [5.41, 5.74) is 0.616. The lowest BCUT2D eigenvalue weighted by Gasteiger charge is -2.30. The van der Waals surface area contributed by atoms with Crippen LogP contribution in [0.1, 0.15) is 27.7 Å². The molecule has 2 heterocycles. The van der Waals surface area contributed by atoms with E-state index in [1.807, 2.05) is 6.92 Å². The third-order valence-electron chi connectivity index (χ3n) is 4.56. The monoisotopic (exact) mass is 406 g/mol. The zero-order chi connectivity index (χ0) is 19.8. The van der Waals surface area contributed by atoms with Crippen LogP contribution in [0, 0.1) is 11.2 Å². The van der Waals surface area contributed by atoms with Gasteiger partial charge in [-0.15, -0.1) is 0 Å². The molecular weight excluding hydrogens is 386 g/mol. The maximum atomic E-state index is 14.6. The number of hydrogen-bond donors (Lipinski definition) is 1. The molecule has 1 atom stereocenters. The van der Waals surface area contributed by atoms with Crippen LogP contribution in [0.2, 0.25) is 10.0 Å². The van der Waals surface area contributed by atoms with Crippen LogP contribution in [-0.4, -0.2) is 20.8 Å². The summed E-state index contributed by atoms with van der Waals surface area (Å²) < 4.78 is 16.2. The minimum atomic E-state index is -0.454. The number of aromatic nitrogens is 3. The van der Waals surface area contributed by atoms with Crippen LogP contribution in [0.25, 0.3) is 16.9 Å². The zero-order valence-electron chi connectivity index (χ0n) is 15.6. The van der Waals surface area contributed by atoms with Gasteiger partial charge in [-0.2, -0.15) is 5.10 Å². The molecule has 4 nitrogen and oxygen atoms in total. The van der Waals surface area contributed by atoms with E-state index < -0.39 is 5.82 Å². The highest BCUT2D eigenvalue weighted by Crippen LogP contribution is 2.41. The minimum Gasteiger partial charge on any atom is -0.366 e. The molecule has 0 aliphatic heterocycles. The summed E-state index contributed by atoms with van der Waals surface area (Å²) in [5.74, 6) is 0.539. The first kappa shape index (κ1) is 19.6. The van der Waals surface area contributed by atoms with Crippen molar-refractivity contribution in [3.63, 3.8) is 0 Å². The van der Waals surface area contributed by atoms with Gasteiger partial charge < -0.3 is 5.32 Å². The molecule has 0 bridgehead atoms. The number of hydrogen-bond acceptors (Lipinski definition) is 3. The summed E-state index contributed by atoms with van der Waals surface area (Å²) in [6.07, 6.45) is 3.42. The molecule has 1 unspecified atom stereocenters. The molecular formula is C20H21Cl2FN4. The van der Waals surface area contributed by atoms with Crippen LogP contribution in [0.5, 0.6) is 0 Å². The van der Waals surface area contributed by atoms with Crippen molar-refractivity contribution in [3.05, 3.63) is 58.6 Å². The molecule has 1 aromatic carbocycles. The standard InChI is InChI=1S/C20H21Cl2FN4/c1-12(20(2,3)4)25-19-18(17-13(21)7-5-8-15(17)23)14(22)11-16(26-19)27-10-6-9-24-27/h5-12H,1-4H3,(H,25,26). The predicted octanol–water partition coefficient (Wildman–Crippen LogP) is 6.23. The van der Waals surface area contributed by atoms with Gasteiger partial charge in [0.2, 0.25) is 0 Å². The molecule has 0 saturated carbocycles. The molecule has 3 rings (SSSR count). The van der Waals surface area contributed by atoms with E-state index in [0.29, 0.717) is 22.2 Å². The Hall–Kier alpha value is -2.11. The molecule has 0 aliphatic carbocycles. The van der Waals surface area contributed by atoms with Gasteiger partial charge in [0.25, 0.3) is 0 Å². The van der Waals surface area contributed by atoms with Crippen LogP contribution in [0.3, 0.4) is 0 Å². The molecule has 0 spiro atoms. The van der Waals surface area contributed by atoms with Gasteiger partial charge in [0.1, 0.15) is 11.6 Å². The molecule has 0 fully saturated rings. The molecule has 1 N–H and O–H groups in total. The average Bonchev–Trinajstić information content (AvgIpc) is 3.10. The lowest BCUT2D eigenvalue weighted by atomic mass is 9.88. The van der Waals surface area contributed by atoms with Gasteiger partial charge in [-0.05, 0) is 30.5 Å². The summed E-state index contributed by atoms with van der Waals surface area (Å²) in [6, 6.07) is 8.04. The van der Waals surface area contributed by atoms with Crippen LogP contribution >= 0.6 is 23.2 Å². The minimum absolute atomic E-state index is 0.0400. The fourth-order valence-electron chi connectivity index (χ4n) is 2.52. The van der Waals surface area contributed by atoms with Gasteiger partial charge in [0, 0.05) is 35.6 Å². The van der Waals surface area contributed by atoms with Crippen molar-refractivity contribution in [3.8, 4) is 16.9 Å². The predicted molar refractivity (Wildman–Crippen MR) is 109 cm³/mol. The smallest absolute Gasteiger partial charge is 0.157 e. The number of pyridine rings is 1. The maximum absolute atomic E-state index is 14.6. The van der Waals surface area contributed by atoms with E-state index in [4.69, 9.17) is 23.2 Å². The van der Waals surface area contributed by atoms with Gasteiger partial charge in [-0.25, -0.2) is 14.1 Å². The van der Waals surface area contributed by atoms with E-state index in [1.165, 1.54) is 6.07 Å². The lowest BCUT2D eigenvalue weighted by molar-refractivity contribution is 0.359. The van der Waals surface area contributed by atoms with Gasteiger partial charge in [-0.1, -0.05) is 50.0 Å². The third-order valence-corrected chi connectivity index (χ3v) is 5.18. The first-order chi connectivity index (χ1) is 12.7. The Kier molecular flexibility index (Phi) is 5.45. The van der Waals surface area contributed by atoms with E-state index in [1.54, 1.807) is 41.3 Å². The van der Waals surface area contributed by atoms with Crippen LogP contribution < -0.4 is 5.32 Å². The fraction of sp³-hybridized carbons (Fsp3) is 0.300. The Morgan fingerprint density at radius 2 is 1.85 bits per heavy atom. The SMILES string of the molecule is CC(Nc1nc(-n2cccn2)cc(Cl)c1-c1c(F)cccc1Cl)C(C)(C)C. The molecule has 0 aliphatic rings. The fourth-order valence-corrected chi connectivity index (χ4v) is 3.06. The number of rotatable bonds is 4. The van der Waals surface area contributed by atoms with Crippen molar-refractivity contribution in [2.24, 2.45) is 5.41 Å². The number of nitrogens with zero attached hydrogens (tertiary/aromatic N) is 3. The van der Waals surface area contributed by atoms with Crippen LogP contribution in [-0.2, 0) is 0 Å². The molecule has 2 aromatic heterocycles. The molecule has 7 heteroatoms. The van der Waals surface area contributed by atoms with Crippen molar-refractivity contribution < 1.29 is 4.39 Å². The Morgan fingerprint density at radius 3 is 2.44 bits per heavy atom. The van der Waals surface area contributed by atoms with E-state index in [9.17, 15) is 4.39 Å². The van der Waals surface area contributed by atoms with Gasteiger partial charge in [0.05, 0.1) is 10.0 Å². The third kappa shape index (κ3) is 4.09. The lowest BCUT2D eigenvalue weighted by Crippen LogP contribution is -2.31. The number of nitrogens with one attached hydrogen (secondary N) is 1. The Bertz CT molecular complexity index is 929. The molecule has 0 amide bonds. The molecule has 3 aromatic rings. The first-order valence-electron chi connectivity index (χ1n) is 8.60. The van der Waals surface area contributed by atoms with Crippen LogP contribution in [0.15, 0.2) is 42.7 Å². The van der Waals surface area contributed by atoms with Crippen molar-refractivity contribution in [2.75, 3.05) is 5.32 Å². The van der Waals surface area contributed by atoms with E-state index >= 15 is 0 Å². The number of anilines is 1. The summed E-state index contributed by atoms with van der Waals surface area (Å²) in [5, 5.41) is 8.20. The Morgan fingerprint density at radius 1 is 1.11 bits per heavy atom. The van der Waals surface area contributed by atoms with E-state index in [2.05, 4.69) is 36.2 Å². The van der Waals surface area contributed by atoms with Crippen molar-refractivity contribution in [1.82, 2.24) is 14.8 Å². The highest BCUT2D eigenvalue weighted by molar-refractivity contribution is 6.37. The average molecular weight is 407 g/mol. The van der Waals surface area contributed by atoms with Crippen molar-refractivity contribution in [1.29, 1.82) is 0 Å². The first-order valence-corrected chi connectivity index (χ1v) is 9.35. The van der Waals surface area contributed by atoms with Crippen LogP contribution in [0.4, 0.5) is 10.2 Å². The Balaban J connectivity index is 2.22. The maximum Gasteiger partial charge on any atom is 0.157 e. The molecule has 142 valence electrons. The number of benzene rings is 1. The summed E-state index contributed by atoms with van der Waals surface area (Å²) in [6.45, 7) is 8.38. The van der Waals surface area contributed by atoms with Gasteiger partial charge in [-0.3, -0.25) is 0 Å². The summed E-state index contributed by atoms with van der Waals surface area (Å²) in [4.78, 5) is 4.67. The topological polar surface area (TPSA) is 42.7 Å². The summed E-state index contributed by atoms with van der Waals surface area (Å²) >= 11 is 12.9. The largest absolute Gasteiger partial charge is 0.366 e. The second kappa shape index (κ2) is 7.49. The zero-order valence-corrected chi connectivity index (χ0v) is 17.1. The van der Waals surface area contributed by atoms with E-state index in [-0.39, 0.29) is 22.0 Å². The van der Waals surface area contributed by atoms with Crippen molar-refractivity contribution >= 4 is 29.0 Å². The van der Waals surface area contributed by atoms with Gasteiger partial charge in [0.15, 0.2) is 5.82 Å². The Labute approximate surface area is 168 Å². The molecule has 27 heavy (non-hydrogen) atoms. The second-order valence-electron chi connectivity index (χ2n) is 7.47. The van der Waals surface area contributed by atoms with Crippen molar-refractivity contribution in [2.45, 2.75) is 33.7 Å². The summed E-state index contributed by atoms with van der Waals surface area (Å²) in [7, 11) is 0. The number of halogens is 3. The molecule has 0 radical (unpaired) electrons. The van der Waals surface area contributed by atoms with Gasteiger partial charge >= 0.3 is 0 Å². The molecule has 0 saturated heterocycles. The highest BCUT2D eigenvalue weighted by Gasteiger charge is 2.25. The quantitative estimate of drug-likeness (QED) is 0.558. The highest BCUT2D eigenvalue weighted by atomic mass is 35.5. The normalized spacial score (nSPS) is 12.9. The second-order valence-corrected chi connectivity index (χ2v) is 8.28. The van der Waals surface area contributed by atoms with E-state index in [0.717, 1.165) is 0 Å².